The molecule has 0 aromatic carbocycles. The number of rotatable bonds is 3. The molecule has 1 aliphatic carbocycles. The predicted octanol–water partition coefficient (Wildman–Crippen LogP) is -1.89. The zero-order valence-corrected chi connectivity index (χ0v) is 9.69. The van der Waals surface area contributed by atoms with E-state index < -0.39 is 56.3 Å². The lowest BCUT2D eigenvalue weighted by atomic mass is 9.75. The average molecular weight is 270 g/mol. The fourth-order valence-corrected chi connectivity index (χ4v) is 3.03. The molecule has 0 bridgehead atoms. The van der Waals surface area contributed by atoms with Crippen LogP contribution in [0.15, 0.2) is 0 Å². The standard InChI is InChI=1S/C8H15O8P/c9-5-2-8(13,7(11)12)1-4(6(5)10)3-17(14,15)16/h4-6,9-10,13H,1-3H2,(H,11,12)(H2,14,15,16)/t4-,5-,6-,8+/m1/s1. The van der Waals surface area contributed by atoms with Gasteiger partial charge < -0.3 is 30.2 Å². The SMILES string of the molecule is O=C(O)[C@]1(O)C[C@H](CP(=O)(O)O)[C@@H](O)[C@H](O)C1. The number of carboxylic acid groups (broad SMARTS) is 1. The van der Waals surface area contributed by atoms with Gasteiger partial charge >= 0.3 is 13.6 Å². The summed E-state index contributed by atoms with van der Waals surface area (Å²) in [5, 5.41) is 37.4. The summed E-state index contributed by atoms with van der Waals surface area (Å²) in [4.78, 5) is 28.3. The van der Waals surface area contributed by atoms with Crippen molar-refractivity contribution in [2.45, 2.75) is 30.7 Å². The van der Waals surface area contributed by atoms with E-state index >= 15 is 0 Å². The summed E-state index contributed by atoms with van der Waals surface area (Å²) in [6, 6.07) is 0. The van der Waals surface area contributed by atoms with E-state index in [9.17, 15) is 24.7 Å². The van der Waals surface area contributed by atoms with Gasteiger partial charge in [0.25, 0.3) is 0 Å². The fraction of sp³-hybridized carbons (Fsp3) is 0.875. The summed E-state index contributed by atoms with van der Waals surface area (Å²) in [5.41, 5.74) is -2.27. The number of carbonyl (C=O) groups is 1. The van der Waals surface area contributed by atoms with Crippen molar-refractivity contribution in [1.29, 1.82) is 0 Å². The van der Waals surface area contributed by atoms with Gasteiger partial charge in [0.2, 0.25) is 0 Å². The highest BCUT2D eigenvalue weighted by molar-refractivity contribution is 7.51. The Morgan fingerprint density at radius 1 is 1.29 bits per heavy atom. The molecule has 1 rings (SSSR count). The van der Waals surface area contributed by atoms with Crippen LogP contribution < -0.4 is 0 Å². The number of carboxylic acids is 1. The highest BCUT2D eigenvalue weighted by atomic mass is 31.2. The Kier molecular flexibility index (Phi) is 3.97. The lowest BCUT2D eigenvalue weighted by Crippen LogP contribution is -2.54. The molecule has 8 nitrogen and oxygen atoms in total. The molecule has 0 aliphatic heterocycles. The van der Waals surface area contributed by atoms with E-state index in [0.29, 0.717) is 0 Å². The number of hydrogen-bond acceptors (Lipinski definition) is 5. The maximum Gasteiger partial charge on any atom is 0.335 e. The highest BCUT2D eigenvalue weighted by Gasteiger charge is 2.50. The van der Waals surface area contributed by atoms with Crippen LogP contribution in [0.1, 0.15) is 12.8 Å². The van der Waals surface area contributed by atoms with Gasteiger partial charge in [-0.2, -0.15) is 0 Å². The Morgan fingerprint density at radius 2 is 1.82 bits per heavy atom. The summed E-state index contributed by atoms with van der Waals surface area (Å²) in [7, 11) is -4.46. The quantitative estimate of drug-likeness (QED) is 0.325. The summed E-state index contributed by atoms with van der Waals surface area (Å²) in [5.74, 6) is -2.75. The third-order valence-corrected chi connectivity index (χ3v) is 3.84. The van der Waals surface area contributed by atoms with E-state index in [4.69, 9.17) is 14.9 Å². The Bertz CT molecular complexity index is 351. The van der Waals surface area contributed by atoms with Crippen LogP contribution in [0, 0.1) is 5.92 Å². The first-order valence-corrected chi connectivity index (χ1v) is 6.71. The van der Waals surface area contributed by atoms with Gasteiger partial charge in [-0.05, 0) is 6.42 Å². The molecule has 9 heteroatoms. The second kappa shape index (κ2) is 4.64. The van der Waals surface area contributed by atoms with Gasteiger partial charge in [0.05, 0.1) is 18.4 Å². The number of aliphatic carboxylic acids is 1. The minimum Gasteiger partial charge on any atom is -0.479 e. The van der Waals surface area contributed by atoms with Crippen molar-refractivity contribution in [3.8, 4) is 0 Å². The van der Waals surface area contributed by atoms with E-state index in [0.717, 1.165) is 0 Å². The Labute approximate surface area is 96.7 Å². The van der Waals surface area contributed by atoms with E-state index in [1.165, 1.54) is 0 Å². The Hall–Kier alpha value is -0.500. The Balaban J connectivity index is 2.89. The number of aliphatic hydroxyl groups is 3. The van der Waals surface area contributed by atoms with E-state index in [-0.39, 0.29) is 0 Å². The minimum atomic E-state index is -4.46. The lowest BCUT2D eigenvalue weighted by Gasteiger charge is -2.39. The summed E-state index contributed by atoms with van der Waals surface area (Å²) in [6.45, 7) is 0. The monoisotopic (exact) mass is 270 g/mol. The zero-order valence-electron chi connectivity index (χ0n) is 8.80. The van der Waals surface area contributed by atoms with E-state index in [1.54, 1.807) is 0 Å². The van der Waals surface area contributed by atoms with Crippen LogP contribution in [0.2, 0.25) is 0 Å². The molecule has 4 atom stereocenters. The van der Waals surface area contributed by atoms with Crippen LogP contribution in [0.5, 0.6) is 0 Å². The van der Waals surface area contributed by atoms with Crippen molar-refractivity contribution in [2.75, 3.05) is 6.16 Å². The van der Waals surface area contributed by atoms with Gasteiger partial charge in [-0.25, -0.2) is 4.79 Å². The van der Waals surface area contributed by atoms with Gasteiger partial charge in [0.15, 0.2) is 5.60 Å². The van der Waals surface area contributed by atoms with Crippen molar-refractivity contribution < 1.29 is 39.6 Å². The van der Waals surface area contributed by atoms with Crippen LogP contribution in [0.4, 0.5) is 0 Å². The molecule has 0 spiro atoms. The van der Waals surface area contributed by atoms with Crippen LogP contribution in [0.25, 0.3) is 0 Å². The normalized spacial score (nSPS) is 39.0. The van der Waals surface area contributed by atoms with E-state index in [1.807, 2.05) is 0 Å². The molecule has 0 amide bonds. The largest absolute Gasteiger partial charge is 0.479 e. The topological polar surface area (TPSA) is 156 Å². The maximum atomic E-state index is 10.8. The minimum absolute atomic E-state index is 0.508. The van der Waals surface area contributed by atoms with Crippen molar-refractivity contribution in [1.82, 2.24) is 0 Å². The summed E-state index contributed by atoms with van der Waals surface area (Å²) in [6.07, 6.45) is -4.84. The van der Waals surface area contributed by atoms with Gasteiger partial charge in [-0.15, -0.1) is 0 Å². The number of aliphatic hydroxyl groups excluding tert-OH is 2. The molecule has 0 saturated heterocycles. The smallest absolute Gasteiger partial charge is 0.335 e. The molecule has 0 aromatic heterocycles. The van der Waals surface area contributed by atoms with Gasteiger partial charge in [-0.1, -0.05) is 0 Å². The van der Waals surface area contributed by atoms with Crippen LogP contribution >= 0.6 is 7.60 Å². The molecule has 6 N–H and O–H groups in total. The summed E-state index contributed by atoms with van der Waals surface area (Å²) >= 11 is 0. The molecule has 17 heavy (non-hydrogen) atoms. The van der Waals surface area contributed by atoms with Crippen LogP contribution in [-0.2, 0) is 9.36 Å². The first-order valence-electron chi connectivity index (χ1n) is 4.92. The molecule has 1 fully saturated rings. The highest BCUT2D eigenvalue weighted by Crippen LogP contribution is 2.43. The predicted molar refractivity (Wildman–Crippen MR) is 54.2 cm³/mol. The van der Waals surface area contributed by atoms with Gasteiger partial charge in [0, 0.05) is 12.3 Å². The first kappa shape index (κ1) is 14.6. The third-order valence-electron chi connectivity index (χ3n) is 2.89. The van der Waals surface area contributed by atoms with Crippen LogP contribution in [-0.4, -0.2) is 60.2 Å². The Morgan fingerprint density at radius 3 is 2.24 bits per heavy atom. The third kappa shape index (κ3) is 3.48. The zero-order chi connectivity index (χ0) is 13.4. The molecular formula is C8H15O8P. The molecule has 1 saturated carbocycles. The van der Waals surface area contributed by atoms with Crippen molar-refractivity contribution in [2.24, 2.45) is 5.92 Å². The molecule has 0 radical (unpaired) electrons. The van der Waals surface area contributed by atoms with Gasteiger partial charge in [0.1, 0.15) is 0 Å². The van der Waals surface area contributed by atoms with Crippen LogP contribution in [0.3, 0.4) is 0 Å². The number of hydrogen-bond donors (Lipinski definition) is 6. The lowest BCUT2D eigenvalue weighted by molar-refractivity contribution is -0.177. The maximum absolute atomic E-state index is 10.8. The van der Waals surface area contributed by atoms with Crippen molar-refractivity contribution in [3.05, 3.63) is 0 Å². The van der Waals surface area contributed by atoms with Crippen molar-refractivity contribution >= 4 is 13.6 Å². The molecule has 0 aromatic rings. The second-order valence-corrected chi connectivity index (χ2v) is 6.10. The molecule has 100 valence electrons. The van der Waals surface area contributed by atoms with Crippen molar-refractivity contribution in [3.63, 3.8) is 0 Å². The second-order valence-electron chi connectivity index (χ2n) is 4.41. The molecule has 0 heterocycles. The fourth-order valence-electron chi connectivity index (χ4n) is 2.07. The molecule has 1 aliphatic rings. The molecule has 0 unspecified atom stereocenters. The molecular weight excluding hydrogens is 255 g/mol. The van der Waals surface area contributed by atoms with Gasteiger partial charge in [-0.3, -0.25) is 4.57 Å². The average Bonchev–Trinajstić information content (AvgIpc) is 2.11. The summed E-state index contributed by atoms with van der Waals surface area (Å²) < 4.78 is 10.8. The van der Waals surface area contributed by atoms with E-state index in [2.05, 4.69) is 0 Å². The first-order chi connectivity index (χ1) is 7.55.